The molecule has 0 aliphatic heterocycles. The number of rotatable bonds is 0. The van der Waals surface area contributed by atoms with Gasteiger partial charge in [0.15, 0.2) is 11.6 Å². The monoisotopic (exact) mass is 316 g/mol. The van der Waals surface area contributed by atoms with Gasteiger partial charge in [0.1, 0.15) is 11.9 Å². The molecule has 6 unspecified atom stereocenters. The van der Waals surface area contributed by atoms with Gasteiger partial charge in [-0.15, -0.1) is 0 Å². The molecule has 0 amide bonds. The highest BCUT2D eigenvalue weighted by molar-refractivity contribution is 5.98. The van der Waals surface area contributed by atoms with E-state index >= 15 is 0 Å². The molecule has 0 aromatic heterocycles. The van der Waals surface area contributed by atoms with Crippen LogP contribution in [0.2, 0.25) is 0 Å². The first kappa shape index (κ1) is 15.3. The number of carbonyl (C=O) groups excluding carboxylic acids is 3. The number of carbonyl (C=O) groups is 3. The van der Waals surface area contributed by atoms with Crippen molar-refractivity contribution in [3.05, 3.63) is 11.6 Å². The lowest BCUT2D eigenvalue weighted by atomic mass is 9.47. The number of aliphatic hydroxyl groups is 1. The second-order valence-electron chi connectivity index (χ2n) is 8.52. The third-order valence-electron chi connectivity index (χ3n) is 7.39. The largest absolute Gasteiger partial charge is 0.385 e. The van der Waals surface area contributed by atoms with Gasteiger partial charge in [-0.1, -0.05) is 19.4 Å². The minimum Gasteiger partial charge on any atom is -0.385 e. The highest BCUT2D eigenvalue weighted by Crippen LogP contribution is 2.63. The number of allylic oxidation sites excluding steroid dienone is 1. The molecule has 6 atom stereocenters. The van der Waals surface area contributed by atoms with Crippen molar-refractivity contribution in [2.45, 2.75) is 58.5 Å². The van der Waals surface area contributed by atoms with E-state index in [9.17, 15) is 19.5 Å². The zero-order chi connectivity index (χ0) is 16.6. The van der Waals surface area contributed by atoms with Gasteiger partial charge in [0.25, 0.3) is 0 Å². The van der Waals surface area contributed by atoms with Gasteiger partial charge in [-0.3, -0.25) is 14.4 Å². The molecule has 4 aliphatic rings. The van der Waals surface area contributed by atoms with Crippen LogP contribution in [-0.2, 0) is 14.4 Å². The summed E-state index contributed by atoms with van der Waals surface area (Å²) in [5.41, 5.74) is 0.225. The van der Waals surface area contributed by atoms with Gasteiger partial charge in [0, 0.05) is 24.2 Å². The summed E-state index contributed by atoms with van der Waals surface area (Å²) in [6.07, 6.45) is 4.57. The van der Waals surface area contributed by atoms with Crippen LogP contribution < -0.4 is 0 Å². The molecule has 0 saturated heterocycles. The summed E-state index contributed by atoms with van der Waals surface area (Å²) in [6, 6.07) is 0. The first-order valence-corrected chi connectivity index (χ1v) is 8.76. The maximum atomic E-state index is 13.0. The quantitative estimate of drug-likeness (QED) is 0.744. The molecule has 4 aliphatic carbocycles. The first-order chi connectivity index (χ1) is 10.8. The normalized spacial score (nSPS) is 49.3. The maximum absolute atomic E-state index is 13.0. The average Bonchev–Trinajstić information content (AvgIpc) is 2.71. The maximum Gasteiger partial charge on any atom is 0.167 e. The van der Waals surface area contributed by atoms with Crippen molar-refractivity contribution in [2.24, 2.45) is 28.6 Å². The summed E-state index contributed by atoms with van der Waals surface area (Å²) in [5.74, 6) is 0.377. The van der Waals surface area contributed by atoms with Crippen LogP contribution in [0.25, 0.3) is 0 Å². The molecule has 0 aromatic carbocycles. The Labute approximate surface area is 136 Å². The summed E-state index contributed by atoms with van der Waals surface area (Å²) >= 11 is 0. The second-order valence-corrected chi connectivity index (χ2v) is 8.52. The fraction of sp³-hybridized carbons (Fsp3) is 0.737. The van der Waals surface area contributed by atoms with Gasteiger partial charge in [-0.05, 0) is 49.0 Å². The van der Waals surface area contributed by atoms with Gasteiger partial charge >= 0.3 is 0 Å². The number of hydrogen-bond donors (Lipinski definition) is 1. The van der Waals surface area contributed by atoms with Crippen LogP contribution in [0.15, 0.2) is 11.6 Å². The average molecular weight is 316 g/mol. The summed E-state index contributed by atoms with van der Waals surface area (Å²) in [4.78, 5) is 37.2. The number of fused-ring (bicyclic) bond motifs is 5. The summed E-state index contributed by atoms with van der Waals surface area (Å²) in [6.45, 7) is 4.01. The molecule has 4 nitrogen and oxygen atoms in total. The topological polar surface area (TPSA) is 71.4 Å². The van der Waals surface area contributed by atoms with E-state index in [1.807, 2.05) is 6.92 Å². The fourth-order valence-electron chi connectivity index (χ4n) is 6.19. The van der Waals surface area contributed by atoms with E-state index in [2.05, 4.69) is 6.92 Å². The van der Waals surface area contributed by atoms with Crippen LogP contribution in [0.4, 0.5) is 0 Å². The van der Waals surface area contributed by atoms with Crippen molar-refractivity contribution in [2.75, 3.05) is 0 Å². The number of hydrogen-bond acceptors (Lipinski definition) is 4. The Morgan fingerprint density at radius 1 is 1.13 bits per heavy atom. The van der Waals surface area contributed by atoms with Crippen molar-refractivity contribution >= 4 is 17.3 Å². The molecule has 0 aromatic rings. The molecular formula is C19H24O4. The molecule has 3 saturated carbocycles. The summed E-state index contributed by atoms with van der Waals surface area (Å²) < 4.78 is 0. The predicted molar refractivity (Wildman–Crippen MR) is 83.5 cm³/mol. The molecule has 0 radical (unpaired) electrons. The molecule has 0 bridgehead atoms. The van der Waals surface area contributed by atoms with E-state index < -0.39 is 11.5 Å². The van der Waals surface area contributed by atoms with Crippen LogP contribution >= 0.6 is 0 Å². The van der Waals surface area contributed by atoms with E-state index in [-0.39, 0.29) is 46.9 Å². The SMILES string of the molecule is CC12CC(=O)C3C(CCC4=CC(=O)CCC43C)C1CC(O)C2=O. The van der Waals surface area contributed by atoms with Gasteiger partial charge in [0.05, 0.1) is 0 Å². The Balaban J connectivity index is 1.77. The van der Waals surface area contributed by atoms with Crippen LogP contribution in [-0.4, -0.2) is 28.6 Å². The van der Waals surface area contributed by atoms with Crippen LogP contribution in [0.5, 0.6) is 0 Å². The van der Waals surface area contributed by atoms with Crippen LogP contribution in [0, 0.1) is 28.6 Å². The van der Waals surface area contributed by atoms with Crippen molar-refractivity contribution in [3.8, 4) is 0 Å². The summed E-state index contributed by atoms with van der Waals surface area (Å²) in [5, 5.41) is 10.1. The van der Waals surface area contributed by atoms with E-state index in [0.29, 0.717) is 12.8 Å². The van der Waals surface area contributed by atoms with Gasteiger partial charge in [-0.2, -0.15) is 0 Å². The lowest BCUT2D eigenvalue weighted by Gasteiger charge is -2.55. The van der Waals surface area contributed by atoms with Gasteiger partial charge < -0.3 is 5.11 Å². The molecule has 23 heavy (non-hydrogen) atoms. The lowest BCUT2D eigenvalue weighted by molar-refractivity contribution is -0.150. The minimum absolute atomic E-state index is 0.0909. The van der Waals surface area contributed by atoms with Gasteiger partial charge in [0.2, 0.25) is 0 Å². The lowest BCUT2D eigenvalue weighted by Crippen LogP contribution is -2.55. The van der Waals surface area contributed by atoms with Gasteiger partial charge in [-0.25, -0.2) is 0 Å². The van der Waals surface area contributed by atoms with Crippen molar-refractivity contribution in [3.63, 3.8) is 0 Å². The molecule has 4 rings (SSSR count). The number of ketones is 3. The number of Topliss-reactive ketones (excluding diaryl/α,β-unsaturated/α-hetero) is 2. The van der Waals surface area contributed by atoms with Crippen molar-refractivity contribution in [1.82, 2.24) is 0 Å². The highest BCUT2D eigenvalue weighted by Gasteiger charge is 2.64. The molecule has 4 heteroatoms. The Morgan fingerprint density at radius 2 is 1.87 bits per heavy atom. The zero-order valence-corrected chi connectivity index (χ0v) is 13.8. The Bertz CT molecular complexity index is 648. The Kier molecular flexibility index (Phi) is 3.07. The molecular weight excluding hydrogens is 292 g/mol. The number of aliphatic hydroxyl groups excluding tert-OH is 1. The Hall–Kier alpha value is -1.29. The zero-order valence-electron chi connectivity index (χ0n) is 13.8. The second kappa shape index (κ2) is 4.62. The molecule has 0 heterocycles. The minimum atomic E-state index is -0.908. The van der Waals surface area contributed by atoms with Crippen LogP contribution in [0.1, 0.15) is 52.4 Å². The predicted octanol–water partition coefficient (Wildman–Crippen LogP) is 2.24. The van der Waals surface area contributed by atoms with Crippen molar-refractivity contribution in [1.29, 1.82) is 0 Å². The van der Waals surface area contributed by atoms with Crippen molar-refractivity contribution < 1.29 is 19.5 Å². The third kappa shape index (κ3) is 1.84. The van der Waals surface area contributed by atoms with Crippen LogP contribution in [0.3, 0.4) is 0 Å². The van der Waals surface area contributed by atoms with E-state index in [1.165, 1.54) is 0 Å². The molecule has 124 valence electrons. The highest BCUT2D eigenvalue weighted by atomic mass is 16.3. The standard InChI is InChI=1S/C19H24O4/c1-18-6-5-11(20)7-10(18)3-4-12-13-8-14(21)17(23)19(13,2)9-15(22)16(12)18/h7,12-14,16,21H,3-6,8-9H2,1-2H3. The molecule has 0 spiro atoms. The smallest absolute Gasteiger partial charge is 0.167 e. The van der Waals surface area contributed by atoms with E-state index in [4.69, 9.17) is 0 Å². The molecule has 3 fully saturated rings. The van der Waals surface area contributed by atoms with E-state index in [0.717, 1.165) is 24.8 Å². The van der Waals surface area contributed by atoms with E-state index in [1.54, 1.807) is 6.08 Å². The first-order valence-electron chi connectivity index (χ1n) is 8.76. The summed E-state index contributed by atoms with van der Waals surface area (Å²) in [7, 11) is 0. The third-order valence-corrected chi connectivity index (χ3v) is 7.39. The molecule has 1 N–H and O–H groups in total. The fourth-order valence-corrected chi connectivity index (χ4v) is 6.19. The Morgan fingerprint density at radius 3 is 2.61 bits per heavy atom.